The van der Waals surface area contributed by atoms with Crippen LogP contribution in [0.2, 0.25) is 0 Å². The van der Waals surface area contributed by atoms with E-state index in [1.165, 1.54) is 25.8 Å². The molecule has 2 unspecified atom stereocenters. The van der Waals surface area contributed by atoms with Gasteiger partial charge in [-0.2, -0.15) is 0 Å². The molecule has 0 aromatic carbocycles. The van der Waals surface area contributed by atoms with Gasteiger partial charge in [0.1, 0.15) is 0 Å². The Morgan fingerprint density at radius 3 is 2.76 bits per heavy atom. The molecule has 0 spiro atoms. The van der Waals surface area contributed by atoms with Gasteiger partial charge < -0.3 is 15.3 Å². The quantitative estimate of drug-likeness (QED) is 0.606. The molecule has 0 amide bonds. The first-order valence-electron chi connectivity index (χ1n) is 8.59. The van der Waals surface area contributed by atoms with Gasteiger partial charge >= 0.3 is 0 Å². The summed E-state index contributed by atoms with van der Waals surface area (Å²) in [4.78, 5) is 9.59. The first-order chi connectivity index (χ1) is 10.1. The van der Waals surface area contributed by atoms with E-state index in [0.717, 1.165) is 32.0 Å². The first-order valence-corrected chi connectivity index (χ1v) is 8.59. The number of aliphatic hydroxyl groups excluding tert-OH is 1. The van der Waals surface area contributed by atoms with Gasteiger partial charge in [0.2, 0.25) is 0 Å². The molecular formula is C16H32N4O. The number of aliphatic hydroxyl groups is 1. The zero-order valence-electron chi connectivity index (χ0n) is 13.9. The minimum absolute atomic E-state index is 0.201. The van der Waals surface area contributed by atoms with Crippen LogP contribution in [0.1, 0.15) is 46.5 Å². The summed E-state index contributed by atoms with van der Waals surface area (Å²) in [7, 11) is 0. The number of nitrogens with zero attached hydrogens (tertiary/aromatic N) is 3. The lowest BCUT2D eigenvalue weighted by atomic mass is 10.0. The van der Waals surface area contributed by atoms with Gasteiger partial charge in [-0.05, 0) is 46.6 Å². The van der Waals surface area contributed by atoms with Crippen LogP contribution in [-0.4, -0.2) is 71.8 Å². The third kappa shape index (κ3) is 4.58. The van der Waals surface area contributed by atoms with Crippen molar-refractivity contribution in [1.29, 1.82) is 0 Å². The smallest absolute Gasteiger partial charge is 0.194 e. The van der Waals surface area contributed by atoms with Gasteiger partial charge in [0, 0.05) is 31.7 Å². The number of hydrogen-bond acceptors (Lipinski definition) is 3. The van der Waals surface area contributed by atoms with Crippen LogP contribution in [0.25, 0.3) is 0 Å². The van der Waals surface area contributed by atoms with Crippen molar-refractivity contribution in [3.63, 3.8) is 0 Å². The fourth-order valence-corrected chi connectivity index (χ4v) is 3.46. The minimum Gasteiger partial charge on any atom is -0.391 e. The summed E-state index contributed by atoms with van der Waals surface area (Å²) < 4.78 is 0. The number of aliphatic imine (C=N–C) groups is 1. The lowest BCUT2D eigenvalue weighted by Crippen LogP contribution is -2.46. The fraction of sp³-hybridized carbons (Fsp3) is 0.938. The Bertz CT molecular complexity index is 347. The van der Waals surface area contributed by atoms with E-state index in [9.17, 15) is 5.11 Å². The Morgan fingerprint density at radius 2 is 2.14 bits per heavy atom. The molecule has 2 aliphatic rings. The molecule has 0 saturated carbocycles. The van der Waals surface area contributed by atoms with Crippen molar-refractivity contribution < 1.29 is 5.11 Å². The zero-order valence-corrected chi connectivity index (χ0v) is 13.9. The second kappa shape index (κ2) is 7.99. The SMILES string of the molecule is CCNC(=NCC(C)N1CCCCC1C)N1CC[C@@H](O)C1. The second-order valence-electron chi connectivity index (χ2n) is 6.51. The van der Waals surface area contributed by atoms with Crippen molar-refractivity contribution in [2.24, 2.45) is 4.99 Å². The second-order valence-corrected chi connectivity index (χ2v) is 6.51. The average molecular weight is 296 g/mol. The Morgan fingerprint density at radius 1 is 1.33 bits per heavy atom. The van der Waals surface area contributed by atoms with Gasteiger partial charge in [-0.25, -0.2) is 0 Å². The molecule has 0 aliphatic carbocycles. The molecule has 0 aromatic rings. The van der Waals surface area contributed by atoms with Crippen LogP contribution in [0, 0.1) is 0 Å². The van der Waals surface area contributed by atoms with Crippen molar-refractivity contribution in [2.75, 3.05) is 32.7 Å². The van der Waals surface area contributed by atoms with Gasteiger partial charge in [-0.1, -0.05) is 6.42 Å². The van der Waals surface area contributed by atoms with Crippen LogP contribution in [0.5, 0.6) is 0 Å². The molecular weight excluding hydrogens is 264 g/mol. The first kappa shape index (κ1) is 16.6. The molecule has 21 heavy (non-hydrogen) atoms. The van der Waals surface area contributed by atoms with E-state index < -0.39 is 0 Å². The number of nitrogens with one attached hydrogen (secondary N) is 1. The molecule has 2 saturated heterocycles. The highest BCUT2D eigenvalue weighted by Crippen LogP contribution is 2.19. The minimum atomic E-state index is -0.201. The van der Waals surface area contributed by atoms with E-state index in [1.807, 2.05) is 0 Å². The largest absolute Gasteiger partial charge is 0.391 e. The lowest BCUT2D eigenvalue weighted by molar-refractivity contribution is 0.118. The van der Waals surface area contributed by atoms with E-state index in [0.29, 0.717) is 18.6 Å². The summed E-state index contributed by atoms with van der Waals surface area (Å²) in [6, 6.07) is 1.17. The zero-order chi connectivity index (χ0) is 15.2. The summed E-state index contributed by atoms with van der Waals surface area (Å²) in [5.74, 6) is 0.963. The summed E-state index contributed by atoms with van der Waals surface area (Å²) >= 11 is 0. The number of likely N-dealkylation sites (tertiary alicyclic amines) is 2. The molecule has 2 rings (SSSR count). The topological polar surface area (TPSA) is 51.1 Å². The third-order valence-electron chi connectivity index (χ3n) is 4.72. The van der Waals surface area contributed by atoms with Gasteiger partial charge in [-0.15, -0.1) is 0 Å². The van der Waals surface area contributed by atoms with Crippen LogP contribution in [0.15, 0.2) is 4.99 Å². The molecule has 2 N–H and O–H groups in total. The van der Waals surface area contributed by atoms with E-state index in [2.05, 4.69) is 35.9 Å². The Labute approximate surface area is 129 Å². The molecule has 122 valence electrons. The Balaban J connectivity index is 1.91. The standard InChI is InChI=1S/C16H32N4O/c1-4-17-16(19-10-8-15(21)12-19)18-11-14(3)20-9-6-5-7-13(20)2/h13-15,21H,4-12H2,1-3H3,(H,17,18)/t13?,14?,15-/m1/s1. The van der Waals surface area contributed by atoms with Crippen LogP contribution in [0.4, 0.5) is 0 Å². The maximum atomic E-state index is 9.70. The Hall–Kier alpha value is -0.810. The lowest BCUT2D eigenvalue weighted by Gasteiger charge is -2.37. The molecule has 2 heterocycles. The Kier molecular flexibility index (Phi) is 6.30. The van der Waals surface area contributed by atoms with Gasteiger partial charge in [-0.3, -0.25) is 9.89 Å². The number of piperidine rings is 1. The van der Waals surface area contributed by atoms with Crippen LogP contribution >= 0.6 is 0 Å². The molecule has 2 fully saturated rings. The van der Waals surface area contributed by atoms with Crippen molar-refractivity contribution in [2.45, 2.75) is 64.6 Å². The predicted molar refractivity (Wildman–Crippen MR) is 87.7 cm³/mol. The number of β-amino-alcohol motifs (C(OH)–C–C–N with tert-alkyl or cyclic N) is 1. The van der Waals surface area contributed by atoms with Gasteiger partial charge in [0.15, 0.2) is 5.96 Å². The molecule has 5 nitrogen and oxygen atoms in total. The molecule has 0 bridgehead atoms. The van der Waals surface area contributed by atoms with E-state index >= 15 is 0 Å². The molecule has 0 radical (unpaired) electrons. The summed E-state index contributed by atoms with van der Waals surface area (Å²) in [6.45, 7) is 11.2. The average Bonchev–Trinajstić information content (AvgIpc) is 2.90. The highest BCUT2D eigenvalue weighted by Gasteiger charge is 2.25. The number of rotatable bonds is 4. The van der Waals surface area contributed by atoms with Crippen molar-refractivity contribution in [1.82, 2.24) is 15.1 Å². The van der Waals surface area contributed by atoms with Crippen molar-refractivity contribution in [3.8, 4) is 0 Å². The molecule has 2 aliphatic heterocycles. The van der Waals surface area contributed by atoms with E-state index in [1.54, 1.807) is 0 Å². The summed E-state index contributed by atoms with van der Waals surface area (Å²) in [5, 5.41) is 13.1. The third-order valence-corrected chi connectivity index (χ3v) is 4.72. The van der Waals surface area contributed by atoms with Crippen molar-refractivity contribution in [3.05, 3.63) is 0 Å². The summed E-state index contributed by atoms with van der Waals surface area (Å²) in [6.07, 6.45) is 4.64. The number of guanidine groups is 1. The van der Waals surface area contributed by atoms with E-state index in [-0.39, 0.29) is 6.10 Å². The van der Waals surface area contributed by atoms with E-state index in [4.69, 9.17) is 4.99 Å². The highest BCUT2D eigenvalue weighted by atomic mass is 16.3. The van der Waals surface area contributed by atoms with Gasteiger partial charge in [0.25, 0.3) is 0 Å². The maximum Gasteiger partial charge on any atom is 0.194 e. The molecule has 0 aromatic heterocycles. The normalized spacial score (nSPS) is 29.7. The monoisotopic (exact) mass is 296 g/mol. The van der Waals surface area contributed by atoms with Crippen LogP contribution < -0.4 is 5.32 Å². The summed E-state index contributed by atoms with van der Waals surface area (Å²) in [5.41, 5.74) is 0. The molecule has 5 heteroatoms. The molecule has 3 atom stereocenters. The fourth-order valence-electron chi connectivity index (χ4n) is 3.46. The van der Waals surface area contributed by atoms with Crippen molar-refractivity contribution >= 4 is 5.96 Å². The van der Waals surface area contributed by atoms with Gasteiger partial charge in [0.05, 0.1) is 12.6 Å². The maximum absolute atomic E-state index is 9.70. The van der Waals surface area contributed by atoms with Crippen LogP contribution in [-0.2, 0) is 0 Å². The predicted octanol–water partition coefficient (Wildman–Crippen LogP) is 1.28. The number of hydrogen-bond donors (Lipinski definition) is 2. The van der Waals surface area contributed by atoms with Crippen LogP contribution in [0.3, 0.4) is 0 Å². The highest BCUT2D eigenvalue weighted by molar-refractivity contribution is 5.80.